The van der Waals surface area contributed by atoms with Gasteiger partial charge >= 0.3 is 5.97 Å². The first-order chi connectivity index (χ1) is 11.5. The predicted molar refractivity (Wildman–Crippen MR) is 97.2 cm³/mol. The van der Waals surface area contributed by atoms with Crippen LogP contribution in [0.1, 0.15) is 17.3 Å². The average molecular weight is 358 g/mol. The zero-order chi connectivity index (χ0) is 17.3. The smallest absolute Gasteiger partial charge is 0.331 e. The van der Waals surface area contributed by atoms with Crippen LogP contribution in [0.15, 0.2) is 53.6 Å². The molecule has 24 heavy (non-hydrogen) atoms. The fourth-order valence-electron chi connectivity index (χ4n) is 2.50. The molecule has 0 aliphatic carbocycles. The standard InChI is InChI=1S/C17H14N2O3S2/c1-18-9-5-8-12(18)10-13-15(20)19(17(23)24-13)14(16(21)22)11-6-3-2-4-7-11/h2-10,14H,1H3,(H,21,22)/b13-10+. The molecule has 7 heteroatoms. The zero-order valence-electron chi connectivity index (χ0n) is 12.7. The van der Waals surface area contributed by atoms with E-state index in [4.69, 9.17) is 12.2 Å². The Morgan fingerprint density at radius 1 is 1.25 bits per heavy atom. The molecular formula is C17H14N2O3S2. The molecular weight excluding hydrogens is 344 g/mol. The number of aromatic nitrogens is 1. The van der Waals surface area contributed by atoms with Crippen molar-refractivity contribution in [1.82, 2.24) is 9.47 Å². The number of amides is 1. The van der Waals surface area contributed by atoms with Crippen LogP contribution in [0.25, 0.3) is 6.08 Å². The molecule has 2 heterocycles. The van der Waals surface area contributed by atoms with E-state index in [1.54, 1.807) is 36.4 Å². The number of carboxylic acid groups (broad SMARTS) is 1. The van der Waals surface area contributed by atoms with Gasteiger partial charge in [0.1, 0.15) is 4.32 Å². The Kier molecular flexibility index (Phi) is 4.55. The number of nitrogens with zero attached hydrogens (tertiary/aromatic N) is 2. The summed E-state index contributed by atoms with van der Waals surface area (Å²) in [5, 5.41) is 9.62. The molecule has 1 atom stereocenters. The Bertz CT molecular complexity index is 843. The van der Waals surface area contributed by atoms with E-state index >= 15 is 0 Å². The van der Waals surface area contributed by atoms with E-state index in [-0.39, 0.29) is 10.2 Å². The summed E-state index contributed by atoms with van der Waals surface area (Å²) in [7, 11) is 1.87. The molecule has 1 amide bonds. The van der Waals surface area contributed by atoms with E-state index in [1.807, 2.05) is 29.9 Å². The first-order valence-corrected chi connectivity index (χ1v) is 8.37. The third-order valence-electron chi connectivity index (χ3n) is 3.69. The van der Waals surface area contributed by atoms with Crippen LogP contribution in [0.3, 0.4) is 0 Å². The maximum absolute atomic E-state index is 12.7. The fraction of sp³-hybridized carbons (Fsp3) is 0.118. The van der Waals surface area contributed by atoms with Crippen molar-refractivity contribution < 1.29 is 14.7 Å². The number of thioether (sulfide) groups is 1. The van der Waals surface area contributed by atoms with Crippen molar-refractivity contribution in [2.24, 2.45) is 7.05 Å². The summed E-state index contributed by atoms with van der Waals surface area (Å²) in [6.45, 7) is 0. The number of aliphatic carboxylic acids is 1. The van der Waals surface area contributed by atoms with Crippen LogP contribution in [0, 0.1) is 0 Å². The maximum Gasteiger partial charge on any atom is 0.331 e. The van der Waals surface area contributed by atoms with Crippen LogP contribution in [0.5, 0.6) is 0 Å². The number of carbonyl (C=O) groups excluding carboxylic acids is 1. The minimum Gasteiger partial charge on any atom is -0.479 e. The number of aryl methyl sites for hydroxylation is 1. The summed E-state index contributed by atoms with van der Waals surface area (Å²) in [6, 6.07) is 11.2. The minimum absolute atomic E-state index is 0.247. The molecule has 3 rings (SSSR count). The molecule has 1 unspecified atom stereocenters. The highest BCUT2D eigenvalue weighted by atomic mass is 32.2. The van der Waals surface area contributed by atoms with Gasteiger partial charge in [0.05, 0.1) is 4.91 Å². The molecule has 1 aromatic heterocycles. The third kappa shape index (κ3) is 3.00. The lowest BCUT2D eigenvalue weighted by atomic mass is 10.1. The molecule has 1 N–H and O–H groups in total. The van der Waals surface area contributed by atoms with E-state index < -0.39 is 12.0 Å². The molecule has 1 aliphatic heterocycles. The third-order valence-corrected chi connectivity index (χ3v) is 5.02. The second-order valence-corrected chi connectivity index (χ2v) is 6.92. The van der Waals surface area contributed by atoms with Crippen LogP contribution < -0.4 is 0 Å². The van der Waals surface area contributed by atoms with Crippen molar-refractivity contribution in [3.8, 4) is 0 Å². The van der Waals surface area contributed by atoms with Gasteiger partial charge in [0.2, 0.25) is 0 Å². The average Bonchev–Trinajstić information content (AvgIpc) is 3.07. The molecule has 1 aromatic carbocycles. The van der Waals surface area contributed by atoms with Gasteiger partial charge in [0.25, 0.3) is 5.91 Å². The van der Waals surface area contributed by atoms with Crippen molar-refractivity contribution in [3.05, 3.63) is 64.8 Å². The Hall–Kier alpha value is -2.38. The Morgan fingerprint density at radius 2 is 1.96 bits per heavy atom. The normalized spacial score (nSPS) is 17.5. The van der Waals surface area contributed by atoms with E-state index in [0.717, 1.165) is 17.5 Å². The van der Waals surface area contributed by atoms with Crippen molar-refractivity contribution in [2.45, 2.75) is 6.04 Å². The summed E-state index contributed by atoms with van der Waals surface area (Å²) < 4.78 is 2.12. The zero-order valence-corrected chi connectivity index (χ0v) is 14.4. The topological polar surface area (TPSA) is 62.5 Å². The van der Waals surface area contributed by atoms with Crippen molar-refractivity contribution in [1.29, 1.82) is 0 Å². The molecule has 0 radical (unpaired) electrons. The summed E-state index contributed by atoms with van der Waals surface area (Å²) >= 11 is 6.40. The van der Waals surface area contributed by atoms with E-state index in [0.29, 0.717) is 10.5 Å². The van der Waals surface area contributed by atoms with Gasteiger partial charge < -0.3 is 9.67 Å². The van der Waals surface area contributed by atoms with Gasteiger partial charge in [-0.15, -0.1) is 0 Å². The SMILES string of the molecule is Cn1cccc1/C=C1/SC(=S)N(C(C(=O)O)c2ccccc2)C1=O. The molecule has 2 aromatic rings. The Balaban J connectivity index is 1.98. The highest BCUT2D eigenvalue weighted by Gasteiger charge is 2.41. The van der Waals surface area contributed by atoms with Crippen LogP contribution in [-0.2, 0) is 16.6 Å². The largest absolute Gasteiger partial charge is 0.479 e. The maximum atomic E-state index is 12.7. The molecule has 1 saturated heterocycles. The summed E-state index contributed by atoms with van der Waals surface area (Å²) in [5.74, 6) is -1.50. The summed E-state index contributed by atoms with van der Waals surface area (Å²) in [4.78, 5) is 26.1. The number of hydrogen-bond acceptors (Lipinski definition) is 4. The van der Waals surface area contributed by atoms with Crippen LogP contribution in [-0.4, -0.2) is 30.8 Å². The second-order valence-electron chi connectivity index (χ2n) is 5.25. The molecule has 1 aliphatic rings. The van der Waals surface area contributed by atoms with E-state index in [9.17, 15) is 14.7 Å². The molecule has 0 bridgehead atoms. The van der Waals surface area contributed by atoms with E-state index in [1.165, 1.54) is 4.90 Å². The first-order valence-electron chi connectivity index (χ1n) is 7.15. The van der Waals surface area contributed by atoms with Gasteiger partial charge in [-0.25, -0.2) is 4.79 Å². The lowest BCUT2D eigenvalue weighted by Crippen LogP contribution is -2.37. The molecule has 122 valence electrons. The van der Waals surface area contributed by atoms with Gasteiger partial charge in [-0.1, -0.05) is 54.3 Å². The van der Waals surface area contributed by atoms with Crippen molar-refractivity contribution >= 4 is 46.3 Å². The van der Waals surface area contributed by atoms with Gasteiger partial charge in [-0.2, -0.15) is 0 Å². The number of thiocarbonyl (C=S) groups is 1. The molecule has 1 fully saturated rings. The Labute approximate surface area is 148 Å². The van der Waals surface area contributed by atoms with Crippen molar-refractivity contribution in [2.75, 3.05) is 0 Å². The van der Waals surface area contributed by atoms with Crippen LogP contribution in [0.4, 0.5) is 0 Å². The van der Waals surface area contributed by atoms with Crippen LogP contribution >= 0.6 is 24.0 Å². The number of carboxylic acids is 1. The monoisotopic (exact) mass is 358 g/mol. The van der Waals surface area contributed by atoms with Crippen LogP contribution in [0.2, 0.25) is 0 Å². The first kappa shape index (κ1) is 16.5. The lowest BCUT2D eigenvalue weighted by molar-refractivity contribution is -0.145. The highest BCUT2D eigenvalue weighted by molar-refractivity contribution is 8.26. The number of hydrogen-bond donors (Lipinski definition) is 1. The lowest BCUT2D eigenvalue weighted by Gasteiger charge is -2.23. The predicted octanol–water partition coefficient (Wildman–Crippen LogP) is 3.05. The molecule has 0 spiro atoms. The molecule has 0 saturated carbocycles. The number of benzene rings is 1. The van der Waals surface area contributed by atoms with Crippen molar-refractivity contribution in [3.63, 3.8) is 0 Å². The van der Waals surface area contributed by atoms with E-state index in [2.05, 4.69) is 0 Å². The minimum atomic E-state index is -1.13. The second kappa shape index (κ2) is 6.62. The van der Waals surface area contributed by atoms with Gasteiger partial charge in [-0.05, 0) is 23.8 Å². The molecule has 5 nitrogen and oxygen atoms in total. The quantitative estimate of drug-likeness (QED) is 0.672. The number of carbonyl (C=O) groups is 2. The highest BCUT2D eigenvalue weighted by Crippen LogP contribution is 2.38. The Morgan fingerprint density at radius 3 is 2.54 bits per heavy atom. The number of rotatable bonds is 4. The van der Waals surface area contributed by atoms with Gasteiger partial charge in [0.15, 0.2) is 6.04 Å². The summed E-state index contributed by atoms with van der Waals surface area (Å²) in [5.41, 5.74) is 1.36. The fourth-order valence-corrected chi connectivity index (χ4v) is 3.80. The van der Waals surface area contributed by atoms with Gasteiger partial charge in [0, 0.05) is 18.9 Å². The van der Waals surface area contributed by atoms with Gasteiger partial charge in [-0.3, -0.25) is 9.69 Å². The summed E-state index contributed by atoms with van der Waals surface area (Å²) in [6.07, 6.45) is 3.60.